The number of fused-ring (bicyclic) bond motifs is 1. The number of rotatable bonds is 5. The first-order valence-corrected chi connectivity index (χ1v) is 10.1. The minimum Gasteiger partial charge on any atom is -0.380 e. The highest BCUT2D eigenvalue weighted by Gasteiger charge is 2.32. The number of pyridine rings is 1. The fourth-order valence-electron chi connectivity index (χ4n) is 3.97. The molecule has 1 fully saturated rings. The number of alkyl halides is 3. The SMILES string of the molecule is COC1CCN(c2cnc3c(C)nnc(NCc4cccc(C(F)(F)F)c4C)c3c2)C1. The van der Waals surface area contributed by atoms with Crippen LogP contribution in [0, 0.1) is 13.8 Å². The molecule has 2 aromatic heterocycles. The quantitative estimate of drug-likeness (QED) is 0.642. The molecule has 3 heterocycles. The molecular formula is C22H24F3N5O. The van der Waals surface area contributed by atoms with Gasteiger partial charge in [0, 0.05) is 32.1 Å². The van der Waals surface area contributed by atoms with Crippen LogP contribution < -0.4 is 10.2 Å². The van der Waals surface area contributed by atoms with E-state index < -0.39 is 11.7 Å². The highest BCUT2D eigenvalue weighted by molar-refractivity contribution is 5.92. The van der Waals surface area contributed by atoms with Gasteiger partial charge in [-0.2, -0.15) is 18.3 Å². The summed E-state index contributed by atoms with van der Waals surface area (Å²) in [5, 5.41) is 12.4. The third-order valence-electron chi connectivity index (χ3n) is 5.81. The van der Waals surface area contributed by atoms with Gasteiger partial charge in [-0.15, -0.1) is 5.10 Å². The number of aromatic nitrogens is 3. The molecule has 0 saturated carbocycles. The standard InChI is InChI=1S/C22H24F3N5O/c1-13-15(5-4-6-19(13)22(23,24)25)10-27-21-18-9-16(30-8-7-17(12-30)31-3)11-26-20(18)14(2)28-29-21/h4-6,9,11,17H,7-8,10,12H2,1-3H3,(H,27,29). The summed E-state index contributed by atoms with van der Waals surface area (Å²) in [7, 11) is 1.71. The van der Waals surface area contributed by atoms with E-state index in [0.717, 1.165) is 36.7 Å². The van der Waals surface area contributed by atoms with Crippen LogP contribution in [0.15, 0.2) is 30.5 Å². The van der Waals surface area contributed by atoms with Crippen LogP contribution in [0.5, 0.6) is 0 Å². The summed E-state index contributed by atoms with van der Waals surface area (Å²) in [6.45, 7) is 5.17. The molecule has 9 heteroatoms. The molecule has 3 aromatic rings. The first-order chi connectivity index (χ1) is 14.8. The molecule has 1 aromatic carbocycles. The normalized spacial score (nSPS) is 16.8. The number of hydrogen-bond acceptors (Lipinski definition) is 6. The summed E-state index contributed by atoms with van der Waals surface area (Å²) in [6, 6.07) is 6.20. The van der Waals surface area contributed by atoms with Crippen molar-refractivity contribution in [1.82, 2.24) is 15.2 Å². The van der Waals surface area contributed by atoms with Crippen LogP contribution in [-0.4, -0.2) is 41.5 Å². The van der Waals surface area contributed by atoms with E-state index in [1.165, 1.54) is 13.0 Å². The van der Waals surface area contributed by atoms with E-state index in [2.05, 4.69) is 25.4 Å². The maximum Gasteiger partial charge on any atom is 0.416 e. The average Bonchev–Trinajstić information content (AvgIpc) is 3.22. The molecule has 0 radical (unpaired) electrons. The fraction of sp³-hybridized carbons (Fsp3) is 0.409. The Morgan fingerprint density at radius 3 is 2.74 bits per heavy atom. The number of halogens is 3. The van der Waals surface area contributed by atoms with E-state index in [0.29, 0.717) is 22.6 Å². The van der Waals surface area contributed by atoms with Crippen LogP contribution in [0.25, 0.3) is 10.9 Å². The van der Waals surface area contributed by atoms with Crippen molar-refractivity contribution in [1.29, 1.82) is 0 Å². The summed E-state index contributed by atoms with van der Waals surface area (Å²) in [5.41, 5.74) is 2.49. The molecule has 1 N–H and O–H groups in total. The third-order valence-corrected chi connectivity index (χ3v) is 5.81. The molecule has 1 unspecified atom stereocenters. The molecule has 1 atom stereocenters. The van der Waals surface area contributed by atoms with E-state index in [1.807, 2.05) is 19.2 Å². The van der Waals surface area contributed by atoms with Gasteiger partial charge >= 0.3 is 6.18 Å². The number of methoxy groups -OCH3 is 1. The summed E-state index contributed by atoms with van der Waals surface area (Å²) in [6.07, 6.45) is -1.43. The maximum atomic E-state index is 13.2. The Hall–Kier alpha value is -2.94. The molecule has 6 nitrogen and oxygen atoms in total. The number of hydrogen-bond donors (Lipinski definition) is 1. The third kappa shape index (κ3) is 4.27. The maximum absolute atomic E-state index is 13.2. The molecule has 1 aliphatic rings. The lowest BCUT2D eigenvalue weighted by molar-refractivity contribution is -0.138. The monoisotopic (exact) mass is 431 g/mol. The van der Waals surface area contributed by atoms with Crippen molar-refractivity contribution in [2.24, 2.45) is 0 Å². The van der Waals surface area contributed by atoms with Crippen molar-refractivity contribution < 1.29 is 17.9 Å². The largest absolute Gasteiger partial charge is 0.416 e. The summed E-state index contributed by atoms with van der Waals surface area (Å²) in [5.74, 6) is 0.495. The topological polar surface area (TPSA) is 63.2 Å². The highest BCUT2D eigenvalue weighted by atomic mass is 19.4. The van der Waals surface area contributed by atoms with Crippen LogP contribution in [0.3, 0.4) is 0 Å². The van der Waals surface area contributed by atoms with Gasteiger partial charge in [0.15, 0.2) is 5.82 Å². The van der Waals surface area contributed by atoms with Crippen molar-refractivity contribution in [3.05, 3.63) is 52.8 Å². The van der Waals surface area contributed by atoms with E-state index in [4.69, 9.17) is 4.74 Å². The Kier molecular flexibility index (Phi) is 5.70. The Bertz CT molecular complexity index is 1100. The Labute approximate surface area is 178 Å². The molecule has 31 heavy (non-hydrogen) atoms. The van der Waals surface area contributed by atoms with Crippen LogP contribution in [-0.2, 0) is 17.5 Å². The smallest absolute Gasteiger partial charge is 0.380 e. The molecule has 164 valence electrons. The second-order valence-corrected chi connectivity index (χ2v) is 7.76. The average molecular weight is 431 g/mol. The zero-order valence-electron chi connectivity index (χ0n) is 17.6. The van der Waals surface area contributed by atoms with Crippen molar-refractivity contribution in [3.8, 4) is 0 Å². The fourth-order valence-corrected chi connectivity index (χ4v) is 3.97. The van der Waals surface area contributed by atoms with Crippen LogP contribution in [0.1, 0.15) is 28.8 Å². The Morgan fingerprint density at radius 1 is 1.23 bits per heavy atom. The van der Waals surface area contributed by atoms with Crippen molar-refractivity contribution in [2.75, 3.05) is 30.4 Å². The minimum absolute atomic E-state index is 0.189. The molecule has 0 amide bonds. The Balaban J connectivity index is 1.64. The van der Waals surface area contributed by atoms with Gasteiger partial charge in [0.05, 0.1) is 34.8 Å². The summed E-state index contributed by atoms with van der Waals surface area (Å²) in [4.78, 5) is 6.79. The predicted octanol–water partition coefficient (Wildman–Crippen LogP) is 4.50. The molecular weight excluding hydrogens is 407 g/mol. The van der Waals surface area contributed by atoms with Gasteiger partial charge in [-0.1, -0.05) is 12.1 Å². The van der Waals surface area contributed by atoms with Gasteiger partial charge in [0.25, 0.3) is 0 Å². The van der Waals surface area contributed by atoms with E-state index in [9.17, 15) is 13.2 Å². The number of ether oxygens (including phenoxy) is 1. The van der Waals surface area contributed by atoms with Crippen LogP contribution in [0.2, 0.25) is 0 Å². The number of aryl methyl sites for hydroxylation is 1. The molecule has 0 aliphatic carbocycles. The molecule has 1 aliphatic heterocycles. The zero-order valence-corrected chi connectivity index (χ0v) is 17.6. The number of nitrogens with one attached hydrogen (secondary N) is 1. The van der Waals surface area contributed by atoms with Crippen LogP contribution in [0.4, 0.5) is 24.7 Å². The minimum atomic E-state index is -4.38. The number of nitrogens with zero attached hydrogens (tertiary/aromatic N) is 4. The van der Waals surface area contributed by atoms with E-state index >= 15 is 0 Å². The second kappa shape index (κ2) is 8.30. The van der Waals surface area contributed by atoms with Crippen molar-refractivity contribution >= 4 is 22.4 Å². The van der Waals surface area contributed by atoms with Gasteiger partial charge in [-0.25, -0.2) is 0 Å². The summed E-state index contributed by atoms with van der Waals surface area (Å²) < 4.78 is 45.1. The first-order valence-electron chi connectivity index (χ1n) is 10.1. The van der Waals surface area contributed by atoms with Crippen molar-refractivity contribution in [3.63, 3.8) is 0 Å². The van der Waals surface area contributed by atoms with Gasteiger partial charge in [0.2, 0.25) is 0 Å². The van der Waals surface area contributed by atoms with Gasteiger partial charge in [-0.05, 0) is 43.5 Å². The summed E-state index contributed by atoms with van der Waals surface area (Å²) >= 11 is 0. The highest BCUT2D eigenvalue weighted by Crippen LogP contribution is 2.33. The van der Waals surface area contributed by atoms with Gasteiger partial charge in [0.1, 0.15) is 0 Å². The lowest BCUT2D eigenvalue weighted by Crippen LogP contribution is -2.22. The van der Waals surface area contributed by atoms with Gasteiger partial charge < -0.3 is 15.0 Å². The molecule has 4 rings (SSSR count). The number of benzene rings is 1. The van der Waals surface area contributed by atoms with E-state index in [-0.39, 0.29) is 18.2 Å². The van der Waals surface area contributed by atoms with E-state index in [1.54, 1.807) is 13.2 Å². The Morgan fingerprint density at radius 2 is 2.03 bits per heavy atom. The zero-order chi connectivity index (χ0) is 22.2. The predicted molar refractivity (Wildman–Crippen MR) is 113 cm³/mol. The molecule has 0 spiro atoms. The van der Waals surface area contributed by atoms with Crippen molar-refractivity contribution in [2.45, 2.75) is 39.1 Å². The lowest BCUT2D eigenvalue weighted by atomic mass is 10.0. The van der Waals surface area contributed by atoms with Gasteiger partial charge in [-0.3, -0.25) is 4.98 Å². The number of anilines is 2. The second-order valence-electron chi connectivity index (χ2n) is 7.76. The van der Waals surface area contributed by atoms with Crippen LogP contribution >= 0.6 is 0 Å². The lowest BCUT2D eigenvalue weighted by Gasteiger charge is -2.19. The molecule has 1 saturated heterocycles. The first kappa shape index (κ1) is 21.3. The molecule has 0 bridgehead atoms.